The van der Waals surface area contributed by atoms with Gasteiger partial charge in [-0.1, -0.05) is 6.42 Å². The second kappa shape index (κ2) is 2.83. The highest BCUT2D eigenvalue weighted by Gasteiger charge is 2.54. The van der Waals surface area contributed by atoms with Crippen LogP contribution >= 0.6 is 23.0 Å². The molecule has 68 valence electrons. The zero-order valence-corrected chi connectivity index (χ0v) is 8.91. The van der Waals surface area contributed by atoms with Crippen LogP contribution in [0.1, 0.15) is 25.7 Å². The Bertz CT molecular complexity index is 221. The molecule has 2 aliphatic carbocycles. The molecule has 2 aliphatic rings. The van der Waals surface area contributed by atoms with E-state index in [4.69, 9.17) is 8.80 Å². The van der Waals surface area contributed by atoms with Crippen molar-refractivity contribution in [1.82, 2.24) is 0 Å². The largest absolute Gasteiger partial charge is 0.393 e. The molecule has 12 heavy (non-hydrogen) atoms. The average Bonchev–Trinajstić information content (AvgIpc) is 2.62. The molecule has 0 aromatic carbocycles. The van der Waals surface area contributed by atoms with Crippen molar-refractivity contribution >= 4 is 29.0 Å². The number of hydrogen-bond donors (Lipinski definition) is 1. The van der Waals surface area contributed by atoms with Crippen LogP contribution in [0.5, 0.6) is 0 Å². The van der Waals surface area contributed by atoms with Gasteiger partial charge in [-0.3, -0.25) is 0 Å². The maximum absolute atomic E-state index is 11.4. The van der Waals surface area contributed by atoms with Gasteiger partial charge in [0.2, 0.25) is 0 Å². The normalized spacial score (nSPS) is 44.8. The van der Waals surface area contributed by atoms with Gasteiger partial charge in [-0.15, -0.1) is 0 Å². The molecule has 2 N–H and O–H groups in total. The number of carbonyl (C=O) groups is 1. The summed E-state index contributed by atoms with van der Waals surface area (Å²) in [5.41, 5.74) is 5.37. The summed E-state index contributed by atoms with van der Waals surface area (Å²) in [5.74, 6) is 0.829. The zero-order valence-electron chi connectivity index (χ0n) is 6.75. The number of hydrogen-bond acceptors (Lipinski definition) is 3. The Labute approximate surface area is 85.7 Å². The molecule has 2 rings (SSSR count). The summed E-state index contributed by atoms with van der Waals surface area (Å²) in [7, 11) is 0. The van der Waals surface area contributed by atoms with E-state index in [0.717, 1.165) is 19.3 Å². The lowest BCUT2D eigenvalue weighted by Crippen LogP contribution is -2.52. The quantitative estimate of drug-likeness (QED) is 0.739. The predicted octanol–water partition coefficient (Wildman–Crippen LogP) is 1.40. The van der Waals surface area contributed by atoms with E-state index in [1.54, 1.807) is 23.0 Å². The van der Waals surface area contributed by atoms with Crippen LogP contribution in [0.3, 0.4) is 0 Å². The van der Waals surface area contributed by atoms with Crippen LogP contribution in [0.2, 0.25) is 0 Å². The van der Waals surface area contributed by atoms with Gasteiger partial charge in [0.25, 0.3) is 0 Å². The third-order valence-electron chi connectivity index (χ3n) is 3.35. The van der Waals surface area contributed by atoms with Gasteiger partial charge >= 0.3 is 5.97 Å². The number of carbonyl (C=O) groups excluding carboxylic acids is 1. The molecule has 0 aromatic rings. The first kappa shape index (κ1) is 8.74. The molecule has 0 heterocycles. The number of nitrogens with two attached hydrogens (primary N) is 1. The summed E-state index contributed by atoms with van der Waals surface area (Å²) in [6.45, 7) is 0. The highest BCUT2D eigenvalue weighted by atomic mass is 127. The monoisotopic (exact) mass is 281 g/mol. The van der Waals surface area contributed by atoms with Gasteiger partial charge in [0.05, 0.1) is 0 Å². The molecule has 0 aliphatic heterocycles. The molecule has 0 spiro atoms. The van der Waals surface area contributed by atoms with Crippen LogP contribution in [-0.2, 0) is 7.86 Å². The van der Waals surface area contributed by atoms with Gasteiger partial charge in [-0.05, 0) is 31.1 Å². The lowest BCUT2D eigenvalue weighted by Gasteiger charge is -2.29. The molecule has 4 heteroatoms. The first-order valence-electron chi connectivity index (χ1n) is 4.28. The molecule has 3 atom stereocenters. The molecule has 3 unspecified atom stereocenters. The lowest BCUT2D eigenvalue weighted by molar-refractivity contribution is -0.139. The lowest BCUT2D eigenvalue weighted by atomic mass is 9.82. The summed E-state index contributed by atoms with van der Waals surface area (Å²) < 4.78 is 4.70. The minimum Gasteiger partial charge on any atom is -0.393 e. The van der Waals surface area contributed by atoms with E-state index in [1.165, 1.54) is 6.42 Å². The fourth-order valence-corrected chi connectivity index (χ4v) is 3.10. The van der Waals surface area contributed by atoms with E-state index < -0.39 is 5.54 Å². The Balaban J connectivity index is 2.17. The van der Waals surface area contributed by atoms with Gasteiger partial charge in [0.15, 0.2) is 23.0 Å². The maximum Gasteiger partial charge on any atom is 0.335 e. The van der Waals surface area contributed by atoms with Gasteiger partial charge < -0.3 is 8.80 Å². The van der Waals surface area contributed by atoms with Crippen molar-refractivity contribution < 1.29 is 7.86 Å². The van der Waals surface area contributed by atoms with Crippen molar-refractivity contribution in [2.45, 2.75) is 31.2 Å². The van der Waals surface area contributed by atoms with Crippen LogP contribution in [0, 0.1) is 11.8 Å². The van der Waals surface area contributed by atoms with E-state index in [-0.39, 0.29) is 5.97 Å². The Morgan fingerprint density at radius 1 is 1.58 bits per heavy atom. The van der Waals surface area contributed by atoms with Gasteiger partial charge in [-0.25, -0.2) is 4.79 Å². The molecule has 2 saturated carbocycles. The molecule has 0 amide bonds. The predicted molar refractivity (Wildman–Crippen MR) is 52.5 cm³/mol. The summed E-state index contributed by atoms with van der Waals surface area (Å²) >= 11 is 1.62. The standard InChI is InChI=1S/C8H12INO2/c9-12-7(11)8(10)4-5-1-2-6(8)3-5/h5-6H,1-4,10H2. The summed E-state index contributed by atoms with van der Waals surface area (Å²) in [6.07, 6.45) is 4.31. The second-order valence-corrected chi connectivity index (χ2v) is 4.43. The van der Waals surface area contributed by atoms with Crippen molar-refractivity contribution in [2.24, 2.45) is 17.6 Å². The fourth-order valence-electron chi connectivity index (χ4n) is 2.69. The van der Waals surface area contributed by atoms with Crippen molar-refractivity contribution in [3.05, 3.63) is 0 Å². The Morgan fingerprint density at radius 2 is 2.33 bits per heavy atom. The summed E-state index contributed by atoms with van der Waals surface area (Å²) in [5, 5.41) is 0. The van der Waals surface area contributed by atoms with Crippen molar-refractivity contribution in [2.75, 3.05) is 0 Å². The van der Waals surface area contributed by atoms with E-state index in [2.05, 4.69) is 0 Å². The SMILES string of the molecule is NC1(C(=O)OI)CC2CCC1C2. The van der Waals surface area contributed by atoms with Crippen LogP contribution in [0.4, 0.5) is 0 Å². The minimum atomic E-state index is -0.649. The molecular formula is C8H12INO2. The van der Waals surface area contributed by atoms with Crippen molar-refractivity contribution in [3.8, 4) is 0 Å². The fraction of sp³-hybridized carbons (Fsp3) is 0.875. The first-order valence-corrected chi connectivity index (χ1v) is 5.17. The van der Waals surface area contributed by atoms with Crippen LogP contribution < -0.4 is 5.73 Å². The van der Waals surface area contributed by atoms with Crippen molar-refractivity contribution in [3.63, 3.8) is 0 Å². The van der Waals surface area contributed by atoms with Crippen LogP contribution in [0.25, 0.3) is 0 Å². The maximum atomic E-state index is 11.4. The number of rotatable bonds is 1. The molecule has 0 aromatic heterocycles. The first-order chi connectivity index (χ1) is 5.66. The Kier molecular flexibility index (Phi) is 2.07. The van der Waals surface area contributed by atoms with E-state index in [0.29, 0.717) is 11.8 Å². The minimum absolute atomic E-state index is 0.227. The Morgan fingerprint density at radius 3 is 2.75 bits per heavy atom. The third kappa shape index (κ3) is 1.08. The second-order valence-electron chi connectivity index (χ2n) is 3.99. The summed E-state index contributed by atoms with van der Waals surface area (Å²) in [6, 6.07) is 0. The van der Waals surface area contributed by atoms with E-state index in [1.807, 2.05) is 0 Å². The number of fused-ring (bicyclic) bond motifs is 2. The zero-order chi connectivity index (χ0) is 8.77. The summed E-state index contributed by atoms with van der Waals surface area (Å²) in [4.78, 5) is 11.4. The van der Waals surface area contributed by atoms with Gasteiger partial charge in [0.1, 0.15) is 5.54 Å². The molecule has 0 saturated heterocycles. The smallest absolute Gasteiger partial charge is 0.335 e. The molecule has 2 fully saturated rings. The molecule has 0 radical (unpaired) electrons. The van der Waals surface area contributed by atoms with Gasteiger partial charge in [-0.2, -0.15) is 0 Å². The highest BCUT2D eigenvalue weighted by Crippen LogP contribution is 2.50. The van der Waals surface area contributed by atoms with Gasteiger partial charge in [0, 0.05) is 0 Å². The Hall–Kier alpha value is 0.160. The molecule has 3 nitrogen and oxygen atoms in total. The molecule has 2 bridgehead atoms. The van der Waals surface area contributed by atoms with E-state index >= 15 is 0 Å². The van der Waals surface area contributed by atoms with Crippen LogP contribution in [0.15, 0.2) is 0 Å². The third-order valence-corrected chi connectivity index (χ3v) is 3.75. The van der Waals surface area contributed by atoms with E-state index in [9.17, 15) is 4.79 Å². The topological polar surface area (TPSA) is 52.3 Å². The van der Waals surface area contributed by atoms with Crippen molar-refractivity contribution in [1.29, 1.82) is 0 Å². The average molecular weight is 281 g/mol. The number of halogens is 1. The van der Waals surface area contributed by atoms with Crippen LogP contribution in [-0.4, -0.2) is 11.5 Å². The molecular weight excluding hydrogens is 269 g/mol. The highest BCUT2D eigenvalue weighted by molar-refractivity contribution is 14.1.